The highest BCUT2D eigenvalue weighted by atomic mass is 16.3. The molecule has 0 saturated carbocycles. The van der Waals surface area contributed by atoms with E-state index in [0.29, 0.717) is 17.3 Å². The van der Waals surface area contributed by atoms with Gasteiger partial charge >= 0.3 is 0 Å². The van der Waals surface area contributed by atoms with Crippen molar-refractivity contribution < 1.29 is 5.11 Å². The molecule has 0 amide bonds. The summed E-state index contributed by atoms with van der Waals surface area (Å²) in [6, 6.07) is 8.33. The van der Waals surface area contributed by atoms with Crippen LogP contribution >= 0.6 is 0 Å². The molecule has 1 aromatic heterocycles. The van der Waals surface area contributed by atoms with E-state index in [1.54, 1.807) is 31.2 Å². The lowest BCUT2D eigenvalue weighted by Gasteiger charge is -2.13. The maximum Gasteiger partial charge on any atom is 0.252 e. The molecule has 2 rings (SSSR count). The molecule has 0 radical (unpaired) electrons. The van der Waals surface area contributed by atoms with Gasteiger partial charge in [-0.2, -0.15) is 0 Å². The van der Waals surface area contributed by atoms with Crippen molar-refractivity contribution in [3.8, 4) is 0 Å². The largest absolute Gasteiger partial charge is 0.399 e. The van der Waals surface area contributed by atoms with Crippen LogP contribution in [0.3, 0.4) is 0 Å². The Kier molecular flexibility index (Phi) is 3.82. The number of nitrogens with zero attached hydrogens (tertiary/aromatic N) is 1. The Morgan fingerprint density at radius 1 is 1.42 bits per heavy atom. The second-order valence-electron chi connectivity index (χ2n) is 4.28. The minimum Gasteiger partial charge on any atom is -0.399 e. The molecule has 0 spiro atoms. The van der Waals surface area contributed by atoms with E-state index in [1.165, 1.54) is 6.07 Å². The maximum atomic E-state index is 11.3. The number of anilines is 2. The molecule has 0 fully saturated rings. The van der Waals surface area contributed by atoms with Gasteiger partial charge in [0, 0.05) is 18.3 Å². The van der Waals surface area contributed by atoms with Crippen LogP contribution < -0.4 is 16.6 Å². The number of nitrogens with two attached hydrogens (primary N) is 1. The molecule has 5 N–H and O–H groups in total. The van der Waals surface area contributed by atoms with E-state index >= 15 is 0 Å². The van der Waals surface area contributed by atoms with Crippen molar-refractivity contribution in [1.29, 1.82) is 0 Å². The Bertz CT molecular complexity index is 607. The summed E-state index contributed by atoms with van der Waals surface area (Å²) in [5, 5.41) is 12.9. The van der Waals surface area contributed by atoms with Crippen molar-refractivity contribution in [2.75, 3.05) is 17.6 Å². The van der Waals surface area contributed by atoms with Crippen molar-refractivity contribution >= 4 is 11.5 Å². The lowest BCUT2D eigenvalue weighted by atomic mass is 10.1. The van der Waals surface area contributed by atoms with E-state index in [9.17, 15) is 9.90 Å². The predicted molar refractivity (Wildman–Crippen MR) is 73.9 cm³/mol. The van der Waals surface area contributed by atoms with Crippen molar-refractivity contribution in [1.82, 2.24) is 9.97 Å². The smallest absolute Gasteiger partial charge is 0.252 e. The highest BCUT2D eigenvalue weighted by Gasteiger charge is 2.07. The standard InChI is InChI=1S/C13H16N4O2/c1-8-16-12(6-13(19)17-8)15-7-11(18)9-2-4-10(14)5-3-9/h2-6,11,18H,7,14H2,1H3,(H2,15,16,17,19). The molecule has 2 aromatic rings. The first-order chi connectivity index (χ1) is 9.04. The molecule has 100 valence electrons. The van der Waals surface area contributed by atoms with Crippen molar-refractivity contribution in [3.05, 3.63) is 52.1 Å². The van der Waals surface area contributed by atoms with Crippen LogP contribution in [0.15, 0.2) is 35.1 Å². The number of hydrogen-bond donors (Lipinski definition) is 4. The molecule has 0 aliphatic rings. The zero-order valence-electron chi connectivity index (χ0n) is 10.6. The molecule has 6 nitrogen and oxygen atoms in total. The van der Waals surface area contributed by atoms with Gasteiger partial charge in [0.1, 0.15) is 11.6 Å². The van der Waals surface area contributed by atoms with Gasteiger partial charge in [-0.1, -0.05) is 12.1 Å². The molecule has 1 heterocycles. The monoisotopic (exact) mass is 260 g/mol. The van der Waals surface area contributed by atoms with Crippen molar-refractivity contribution in [2.24, 2.45) is 0 Å². The molecule has 0 bridgehead atoms. The van der Waals surface area contributed by atoms with Gasteiger partial charge in [0.15, 0.2) is 0 Å². The molecule has 1 atom stereocenters. The Balaban J connectivity index is 2.01. The van der Waals surface area contributed by atoms with Crippen LogP contribution in [0.4, 0.5) is 11.5 Å². The van der Waals surface area contributed by atoms with E-state index in [1.807, 2.05) is 0 Å². The van der Waals surface area contributed by atoms with Gasteiger partial charge in [0.2, 0.25) is 0 Å². The molecule has 0 saturated heterocycles. The molecular weight excluding hydrogens is 244 g/mol. The minimum atomic E-state index is -0.693. The van der Waals surface area contributed by atoms with E-state index in [0.717, 1.165) is 5.56 Å². The number of hydrogen-bond acceptors (Lipinski definition) is 5. The van der Waals surface area contributed by atoms with Crippen LogP contribution in [0.2, 0.25) is 0 Å². The molecular formula is C13H16N4O2. The fourth-order valence-corrected chi connectivity index (χ4v) is 1.71. The van der Waals surface area contributed by atoms with E-state index < -0.39 is 6.10 Å². The third kappa shape index (κ3) is 3.56. The number of nitrogen functional groups attached to an aromatic ring is 1. The first-order valence-electron chi connectivity index (χ1n) is 5.90. The normalized spacial score (nSPS) is 12.1. The summed E-state index contributed by atoms with van der Waals surface area (Å²) in [5.41, 5.74) is 6.76. The average molecular weight is 260 g/mol. The highest BCUT2D eigenvalue weighted by Crippen LogP contribution is 2.15. The molecule has 6 heteroatoms. The Labute approximate surface area is 110 Å². The molecule has 1 aromatic carbocycles. The maximum absolute atomic E-state index is 11.3. The summed E-state index contributed by atoms with van der Waals surface area (Å²) < 4.78 is 0. The van der Waals surface area contributed by atoms with Crippen LogP contribution in [-0.2, 0) is 0 Å². The number of aryl methyl sites for hydroxylation is 1. The van der Waals surface area contributed by atoms with E-state index in [4.69, 9.17) is 5.73 Å². The van der Waals surface area contributed by atoms with Crippen LogP contribution in [0, 0.1) is 6.92 Å². The number of aromatic nitrogens is 2. The highest BCUT2D eigenvalue weighted by molar-refractivity contribution is 5.40. The summed E-state index contributed by atoms with van der Waals surface area (Å²) >= 11 is 0. The zero-order valence-corrected chi connectivity index (χ0v) is 10.6. The number of aliphatic hydroxyl groups excluding tert-OH is 1. The third-order valence-corrected chi connectivity index (χ3v) is 2.66. The first-order valence-corrected chi connectivity index (χ1v) is 5.90. The number of aromatic amines is 1. The lowest BCUT2D eigenvalue weighted by molar-refractivity contribution is 0.191. The van der Waals surface area contributed by atoms with Gasteiger partial charge in [0.05, 0.1) is 6.10 Å². The van der Waals surface area contributed by atoms with Gasteiger partial charge in [-0.15, -0.1) is 0 Å². The van der Waals surface area contributed by atoms with Gasteiger partial charge in [-0.05, 0) is 24.6 Å². The Morgan fingerprint density at radius 2 is 2.11 bits per heavy atom. The van der Waals surface area contributed by atoms with Gasteiger partial charge < -0.3 is 21.1 Å². The quantitative estimate of drug-likeness (QED) is 0.609. The summed E-state index contributed by atoms with van der Waals surface area (Å²) in [6.45, 7) is 1.96. The third-order valence-electron chi connectivity index (χ3n) is 2.66. The minimum absolute atomic E-state index is 0.225. The zero-order chi connectivity index (χ0) is 13.8. The second-order valence-corrected chi connectivity index (χ2v) is 4.28. The van der Waals surface area contributed by atoms with Crippen LogP contribution in [-0.4, -0.2) is 21.6 Å². The molecule has 0 aliphatic carbocycles. The summed E-state index contributed by atoms with van der Waals surface area (Å²) in [7, 11) is 0. The number of rotatable bonds is 4. The van der Waals surface area contributed by atoms with E-state index in [-0.39, 0.29) is 12.1 Å². The molecule has 1 unspecified atom stereocenters. The lowest BCUT2D eigenvalue weighted by Crippen LogP contribution is -2.16. The second kappa shape index (κ2) is 5.53. The van der Waals surface area contributed by atoms with Crippen molar-refractivity contribution in [3.63, 3.8) is 0 Å². The Hall–Kier alpha value is -2.34. The van der Waals surface area contributed by atoms with Crippen LogP contribution in [0.5, 0.6) is 0 Å². The predicted octanol–water partition coefficient (Wildman–Crippen LogP) is 0.806. The average Bonchev–Trinajstić information content (AvgIpc) is 2.36. The van der Waals surface area contributed by atoms with E-state index in [2.05, 4.69) is 15.3 Å². The summed E-state index contributed by atoms with van der Waals surface area (Å²) in [4.78, 5) is 17.9. The van der Waals surface area contributed by atoms with Crippen LogP contribution in [0.1, 0.15) is 17.5 Å². The summed E-state index contributed by atoms with van der Waals surface area (Å²) in [6.07, 6.45) is -0.693. The SMILES string of the molecule is Cc1nc(NCC(O)c2ccc(N)cc2)cc(=O)[nH]1. The number of aliphatic hydroxyl groups is 1. The van der Waals surface area contributed by atoms with Gasteiger partial charge in [-0.3, -0.25) is 4.79 Å². The fraction of sp³-hybridized carbons (Fsp3) is 0.231. The number of H-pyrrole nitrogens is 1. The summed E-state index contributed by atoms with van der Waals surface area (Å²) in [5.74, 6) is 0.965. The molecule has 19 heavy (non-hydrogen) atoms. The van der Waals surface area contributed by atoms with Crippen LogP contribution in [0.25, 0.3) is 0 Å². The van der Waals surface area contributed by atoms with Gasteiger partial charge in [0.25, 0.3) is 5.56 Å². The Morgan fingerprint density at radius 3 is 2.74 bits per heavy atom. The fourth-order valence-electron chi connectivity index (χ4n) is 1.71. The number of nitrogens with one attached hydrogen (secondary N) is 2. The first kappa shape index (κ1) is 13.1. The molecule has 0 aliphatic heterocycles. The topological polar surface area (TPSA) is 104 Å². The van der Waals surface area contributed by atoms with Gasteiger partial charge in [-0.25, -0.2) is 4.98 Å². The number of benzene rings is 1. The van der Waals surface area contributed by atoms with Crippen molar-refractivity contribution in [2.45, 2.75) is 13.0 Å².